The average Bonchev–Trinajstić information content (AvgIpc) is 2.46. The van der Waals surface area contributed by atoms with Crippen LogP contribution >= 0.6 is 0 Å². The number of rotatable bonds is 4. The number of likely N-dealkylation sites (tertiary alicyclic amines) is 1. The summed E-state index contributed by atoms with van der Waals surface area (Å²) in [7, 11) is 0. The van der Waals surface area contributed by atoms with Crippen LogP contribution in [0.4, 0.5) is 0 Å². The summed E-state index contributed by atoms with van der Waals surface area (Å²) in [5.74, 6) is -0.987. The van der Waals surface area contributed by atoms with Crippen molar-refractivity contribution in [2.75, 3.05) is 6.54 Å². The van der Waals surface area contributed by atoms with Crippen LogP contribution in [0, 0.1) is 5.92 Å². The van der Waals surface area contributed by atoms with Crippen LogP contribution in [0.3, 0.4) is 0 Å². The lowest BCUT2D eigenvalue weighted by atomic mass is 9.73. The lowest BCUT2D eigenvalue weighted by Crippen LogP contribution is -2.64. The number of hydrogen-bond donors (Lipinski definition) is 1. The van der Waals surface area contributed by atoms with Crippen molar-refractivity contribution in [1.29, 1.82) is 0 Å². The summed E-state index contributed by atoms with van der Waals surface area (Å²) in [5, 5.41) is 0. The Morgan fingerprint density at radius 2 is 2.18 bits per heavy atom. The normalized spacial score (nSPS) is 29.7. The number of carbonyl (C=O) groups is 2. The molecule has 0 aliphatic carbocycles. The molecule has 1 fully saturated rings. The highest BCUT2D eigenvalue weighted by atomic mass is 16.5. The van der Waals surface area contributed by atoms with E-state index in [9.17, 15) is 9.59 Å². The van der Waals surface area contributed by atoms with Gasteiger partial charge in [0.15, 0.2) is 5.72 Å². The Hall–Kier alpha value is -2.04. The summed E-state index contributed by atoms with van der Waals surface area (Å²) >= 11 is 0. The highest BCUT2D eigenvalue weighted by molar-refractivity contribution is 6.01. The van der Waals surface area contributed by atoms with E-state index >= 15 is 0 Å². The van der Waals surface area contributed by atoms with Crippen molar-refractivity contribution in [2.24, 2.45) is 11.7 Å². The summed E-state index contributed by atoms with van der Waals surface area (Å²) < 4.78 is 6.15. The fourth-order valence-corrected chi connectivity index (χ4v) is 3.70. The van der Waals surface area contributed by atoms with Gasteiger partial charge in [-0.3, -0.25) is 9.59 Å². The van der Waals surface area contributed by atoms with Gasteiger partial charge in [-0.25, -0.2) is 0 Å². The largest absolute Gasteiger partial charge is 0.468 e. The average molecular weight is 302 g/mol. The van der Waals surface area contributed by atoms with Gasteiger partial charge in [0.05, 0.1) is 0 Å². The Morgan fingerprint density at radius 3 is 2.86 bits per heavy atom. The van der Waals surface area contributed by atoms with E-state index in [1.165, 1.54) is 0 Å². The Kier molecular flexibility index (Phi) is 3.59. The van der Waals surface area contributed by atoms with Gasteiger partial charge in [-0.1, -0.05) is 31.5 Å². The van der Waals surface area contributed by atoms with Crippen LogP contribution < -0.4 is 10.5 Å². The van der Waals surface area contributed by atoms with E-state index in [1.807, 2.05) is 31.2 Å². The number of fused-ring (bicyclic) bond motifs is 4. The number of benzene rings is 1. The lowest BCUT2D eigenvalue weighted by Gasteiger charge is -2.52. The number of ether oxygens (including phenoxy) is 1. The van der Waals surface area contributed by atoms with E-state index in [0.717, 1.165) is 24.2 Å². The van der Waals surface area contributed by atoms with Crippen molar-refractivity contribution in [3.05, 3.63) is 29.8 Å². The van der Waals surface area contributed by atoms with Gasteiger partial charge in [0.2, 0.25) is 11.8 Å². The maximum Gasteiger partial charge on any atom is 0.238 e. The van der Waals surface area contributed by atoms with Crippen LogP contribution in [0.5, 0.6) is 5.75 Å². The molecule has 22 heavy (non-hydrogen) atoms. The first-order valence-corrected chi connectivity index (χ1v) is 7.86. The van der Waals surface area contributed by atoms with Crippen LogP contribution in [-0.4, -0.2) is 29.0 Å². The minimum Gasteiger partial charge on any atom is -0.468 e. The molecule has 0 saturated carbocycles. The van der Waals surface area contributed by atoms with Crippen molar-refractivity contribution in [2.45, 2.75) is 44.8 Å². The molecule has 2 N–H and O–H groups in total. The highest BCUT2D eigenvalue weighted by Crippen LogP contribution is 2.49. The van der Waals surface area contributed by atoms with Gasteiger partial charge in [-0.2, -0.15) is 0 Å². The standard InChI is InChI=1S/C17H22N2O3/c1-3-4-9-19-16(21)14(15(18)20)12-10-17(19,2)22-13-8-6-5-7-11(12)13/h5-8,12,14H,3-4,9-10H2,1-2H3,(H2,18,20)/t12-,14-,17+/m0/s1. The monoisotopic (exact) mass is 302 g/mol. The first kappa shape index (κ1) is 14.9. The van der Waals surface area contributed by atoms with Crippen LogP contribution in [0.15, 0.2) is 24.3 Å². The zero-order chi connectivity index (χ0) is 15.9. The minimum atomic E-state index is -0.796. The number of nitrogens with zero attached hydrogens (tertiary/aromatic N) is 1. The second-order valence-electron chi connectivity index (χ2n) is 6.35. The van der Waals surface area contributed by atoms with E-state index in [0.29, 0.717) is 13.0 Å². The van der Waals surface area contributed by atoms with Crippen molar-refractivity contribution >= 4 is 11.8 Å². The summed E-state index contributed by atoms with van der Waals surface area (Å²) in [6.45, 7) is 4.59. The van der Waals surface area contributed by atoms with Gasteiger partial charge in [0.25, 0.3) is 0 Å². The topological polar surface area (TPSA) is 72.6 Å². The van der Waals surface area contributed by atoms with E-state index in [2.05, 4.69) is 6.92 Å². The molecule has 1 aromatic rings. The molecule has 2 bridgehead atoms. The molecule has 0 unspecified atom stereocenters. The molecule has 3 atom stereocenters. The third-order valence-corrected chi connectivity index (χ3v) is 4.79. The molecule has 1 saturated heterocycles. The first-order valence-electron chi connectivity index (χ1n) is 7.86. The third kappa shape index (κ3) is 2.16. The number of para-hydroxylation sites is 1. The van der Waals surface area contributed by atoms with Crippen molar-refractivity contribution < 1.29 is 14.3 Å². The molecule has 5 nitrogen and oxygen atoms in total. The molecule has 1 aromatic carbocycles. The third-order valence-electron chi connectivity index (χ3n) is 4.79. The van der Waals surface area contributed by atoms with Gasteiger partial charge in [0, 0.05) is 18.9 Å². The van der Waals surface area contributed by atoms with Crippen LogP contribution in [-0.2, 0) is 9.59 Å². The molecule has 5 heteroatoms. The Balaban J connectivity index is 2.07. The Morgan fingerprint density at radius 1 is 1.45 bits per heavy atom. The van der Waals surface area contributed by atoms with Gasteiger partial charge in [-0.05, 0) is 25.0 Å². The van der Waals surface area contributed by atoms with Gasteiger partial charge in [0.1, 0.15) is 11.7 Å². The molecule has 2 amide bonds. The molecule has 0 spiro atoms. The number of primary amides is 1. The van der Waals surface area contributed by atoms with Gasteiger partial charge >= 0.3 is 0 Å². The molecular formula is C17H22N2O3. The quantitative estimate of drug-likeness (QED) is 0.865. The van der Waals surface area contributed by atoms with E-state index < -0.39 is 17.6 Å². The Bertz CT molecular complexity index is 616. The Labute approximate surface area is 130 Å². The van der Waals surface area contributed by atoms with Gasteiger partial charge in [-0.15, -0.1) is 0 Å². The number of unbranched alkanes of at least 4 members (excludes halogenated alkanes) is 1. The van der Waals surface area contributed by atoms with E-state index in [1.54, 1.807) is 4.90 Å². The molecule has 2 aliphatic heterocycles. The smallest absolute Gasteiger partial charge is 0.238 e. The summed E-state index contributed by atoms with van der Waals surface area (Å²) in [6, 6.07) is 7.62. The summed E-state index contributed by atoms with van der Waals surface area (Å²) in [4.78, 5) is 26.5. The number of nitrogens with two attached hydrogens (primary N) is 1. The second-order valence-corrected chi connectivity index (χ2v) is 6.35. The maximum absolute atomic E-state index is 12.8. The molecule has 0 radical (unpaired) electrons. The fourth-order valence-electron chi connectivity index (χ4n) is 3.70. The van der Waals surface area contributed by atoms with Crippen molar-refractivity contribution in [3.63, 3.8) is 0 Å². The predicted octanol–water partition coefficient (Wildman–Crippen LogP) is 2.01. The number of carbonyl (C=O) groups excluding carboxylic acids is 2. The molecule has 2 heterocycles. The second kappa shape index (κ2) is 5.30. The van der Waals surface area contributed by atoms with Crippen molar-refractivity contribution in [3.8, 4) is 5.75 Å². The molecule has 2 aliphatic rings. The van der Waals surface area contributed by atoms with Crippen molar-refractivity contribution in [1.82, 2.24) is 4.90 Å². The zero-order valence-electron chi connectivity index (χ0n) is 13.0. The number of piperidine rings is 1. The predicted molar refractivity (Wildman–Crippen MR) is 82.1 cm³/mol. The highest BCUT2D eigenvalue weighted by Gasteiger charge is 2.55. The first-order chi connectivity index (χ1) is 10.5. The maximum atomic E-state index is 12.8. The molecule has 118 valence electrons. The van der Waals surface area contributed by atoms with Gasteiger partial charge < -0.3 is 15.4 Å². The van der Waals surface area contributed by atoms with Crippen LogP contribution in [0.2, 0.25) is 0 Å². The minimum absolute atomic E-state index is 0.196. The lowest BCUT2D eigenvalue weighted by molar-refractivity contribution is -0.175. The van der Waals surface area contributed by atoms with E-state index in [-0.39, 0.29) is 11.8 Å². The summed E-state index contributed by atoms with van der Waals surface area (Å²) in [6.07, 6.45) is 2.46. The molecule has 0 aromatic heterocycles. The molecular weight excluding hydrogens is 280 g/mol. The number of amides is 2. The zero-order valence-corrected chi connectivity index (χ0v) is 13.0. The SMILES string of the molecule is CCCCN1C(=O)[C@H](C(N)=O)[C@H]2C[C@@]1(C)Oc1ccccc12. The van der Waals surface area contributed by atoms with Crippen LogP contribution in [0.1, 0.15) is 44.6 Å². The number of hydrogen-bond acceptors (Lipinski definition) is 3. The molecule has 3 rings (SSSR count). The fraction of sp³-hybridized carbons (Fsp3) is 0.529. The summed E-state index contributed by atoms with van der Waals surface area (Å²) in [5.41, 5.74) is 5.77. The van der Waals surface area contributed by atoms with Crippen LogP contribution in [0.25, 0.3) is 0 Å². The van der Waals surface area contributed by atoms with E-state index in [4.69, 9.17) is 10.5 Å².